The minimum atomic E-state index is -0.750. The van der Waals surface area contributed by atoms with Crippen molar-refractivity contribution in [2.24, 2.45) is 14.1 Å². The Morgan fingerprint density at radius 2 is 1.67 bits per heavy atom. The first kappa shape index (κ1) is 32.0. The molecule has 1 aromatic heterocycles. The van der Waals surface area contributed by atoms with Crippen molar-refractivity contribution >= 4 is 40.7 Å². The summed E-state index contributed by atoms with van der Waals surface area (Å²) in [5.74, 6) is -1.23. The van der Waals surface area contributed by atoms with Crippen molar-refractivity contribution in [2.45, 2.75) is 25.4 Å². The van der Waals surface area contributed by atoms with E-state index in [1.807, 2.05) is 0 Å². The SMILES string of the molecule is COc1c(CNC[C@@H]2CCC(=O)N2)ccc(-c2cccc(-c3cccc(NC(=O)c4cn(C)c(=O)n(C)c4=O)c3Cl)c2Cl)c1F. The summed E-state index contributed by atoms with van der Waals surface area (Å²) in [6, 6.07) is 13.4. The number of methoxy groups -OCH3 is 1. The Bertz CT molecular complexity index is 1940. The quantitative estimate of drug-likeness (QED) is 0.245. The normalized spacial score (nSPS) is 14.4. The van der Waals surface area contributed by atoms with Crippen LogP contribution in [0.5, 0.6) is 5.75 Å². The maximum atomic E-state index is 15.9. The first-order chi connectivity index (χ1) is 21.5. The molecule has 2 heterocycles. The fourth-order valence-electron chi connectivity index (χ4n) is 5.31. The number of carbonyl (C=O) groups excluding carboxylic acids is 2. The molecule has 3 aromatic carbocycles. The fraction of sp³-hybridized carbons (Fsp3) is 0.250. The van der Waals surface area contributed by atoms with E-state index in [4.69, 9.17) is 27.9 Å². The van der Waals surface area contributed by atoms with Gasteiger partial charge in [-0.15, -0.1) is 0 Å². The number of aryl methyl sites for hydroxylation is 1. The molecule has 13 heteroatoms. The molecule has 10 nitrogen and oxygen atoms in total. The number of ether oxygens (including phenoxy) is 1. The van der Waals surface area contributed by atoms with Crippen molar-refractivity contribution in [3.63, 3.8) is 0 Å². The lowest BCUT2D eigenvalue weighted by Gasteiger charge is -2.17. The van der Waals surface area contributed by atoms with Crippen LogP contribution in [0.2, 0.25) is 10.0 Å². The molecule has 5 rings (SSSR count). The predicted octanol–water partition coefficient (Wildman–Crippen LogP) is 4.49. The molecule has 3 N–H and O–H groups in total. The average molecular weight is 655 g/mol. The van der Waals surface area contributed by atoms with Crippen molar-refractivity contribution in [3.8, 4) is 28.0 Å². The molecule has 4 aromatic rings. The molecular formula is C32H30Cl2FN5O5. The average Bonchev–Trinajstić information content (AvgIpc) is 3.44. The smallest absolute Gasteiger partial charge is 0.330 e. The zero-order valence-corrected chi connectivity index (χ0v) is 26.2. The third-order valence-electron chi connectivity index (χ3n) is 7.69. The molecule has 1 atom stereocenters. The molecule has 0 saturated carbocycles. The topological polar surface area (TPSA) is 123 Å². The van der Waals surface area contributed by atoms with Crippen molar-refractivity contribution in [2.75, 3.05) is 19.0 Å². The van der Waals surface area contributed by atoms with E-state index < -0.39 is 23.0 Å². The van der Waals surface area contributed by atoms with Crippen LogP contribution in [-0.2, 0) is 25.4 Å². The lowest BCUT2D eigenvalue weighted by molar-refractivity contribution is -0.119. The van der Waals surface area contributed by atoms with Crippen LogP contribution in [0.4, 0.5) is 10.1 Å². The highest BCUT2D eigenvalue weighted by molar-refractivity contribution is 6.39. The highest BCUT2D eigenvalue weighted by Gasteiger charge is 2.23. The maximum absolute atomic E-state index is 15.9. The van der Waals surface area contributed by atoms with Gasteiger partial charge in [0.2, 0.25) is 5.91 Å². The number of nitrogens with zero attached hydrogens (tertiary/aromatic N) is 2. The fourth-order valence-corrected chi connectivity index (χ4v) is 5.92. The van der Waals surface area contributed by atoms with Crippen molar-refractivity contribution in [1.82, 2.24) is 19.8 Å². The number of rotatable bonds is 9. The lowest BCUT2D eigenvalue weighted by Crippen LogP contribution is -2.40. The van der Waals surface area contributed by atoms with E-state index in [9.17, 15) is 19.2 Å². The maximum Gasteiger partial charge on any atom is 0.330 e. The first-order valence-corrected chi connectivity index (χ1v) is 14.8. The van der Waals surface area contributed by atoms with Gasteiger partial charge in [0.15, 0.2) is 11.6 Å². The number of amides is 2. The van der Waals surface area contributed by atoms with E-state index in [0.717, 1.165) is 21.8 Å². The van der Waals surface area contributed by atoms with Crippen molar-refractivity contribution < 1.29 is 18.7 Å². The second-order valence-electron chi connectivity index (χ2n) is 10.6. The number of aromatic nitrogens is 2. The van der Waals surface area contributed by atoms with Gasteiger partial charge in [-0.2, -0.15) is 0 Å². The molecule has 1 saturated heterocycles. The third kappa shape index (κ3) is 6.37. The first-order valence-electron chi connectivity index (χ1n) is 14.0. The van der Waals surface area contributed by atoms with E-state index in [1.54, 1.807) is 48.5 Å². The van der Waals surface area contributed by atoms with Gasteiger partial charge in [-0.3, -0.25) is 19.0 Å². The van der Waals surface area contributed by atoms with E-state index >= 15 is 4.39 Å². The minimum Gasteiger partial charge on any atom is -0.493 e. The van der Waals surface area contributed by atoms with Crippen LogP contribution >= 0.6 is 23.2 Å². The number of hydrogen-bond acceptors (Lipinski definition) is 6. The summed E-state index contributed by atoms with van der Waals surface area (Å²) in [5, 5.41) is 9.14. The van der Waals surface area contributed by atoms with Gasteiger partial charge < -0.3 is 25.3 Å². The number of carbonyl (C=O) groups is 2. The molecule has 0 aliphatic carbocycles. The summed E-state index contributed by atoms with van der Waals surface area (Å²) in [5.41, 5.74) is 0.817. The third-order valence-corrected chi connectivity index (χ3v) is 8.51. The second kappa shape index (κ2) is 13.3. The van der Waals surface area contributed by atoms with Crippen LogP contribution in [-0.4, -0.2) is 40.6 Å². The van der Waals surface area contributed by atoms with Gasteiger partial charge in [0, 0.05) is 73.7 Å². The van der Waals surface area contributed by atoms with Gasteiger partial charge in [0.25, 0.3) is 11.5 Å². The summed E-state index contributed by atoms with van der Waals surface area (Å²) < 4.78 is 23.3. The zero-order chi connectivity index (χ0) is 32.4. The molecule has 0 radical (unpaired) electrons. The van der Waals surface area contributed by atoms with Crippen LogP contribution < -0.4 is 31.9 Å². The summed E-state index contributed by atoms with van der Waals surface area (Å²) >= 11 is 13.6. The van der Waals surface area contributed by atoms with Crippen LogP contribution in [0.3, 0.4) is 0 Å². The minimum absolute atomic E-state index is 0.0278. The van der Waals surface area contributed by atoms with E-state index in [0.29, 0.717) is 41.8 Å². The molecule has 45 heavy (non-hydrogen) atoms. The van der Waals surface area contributed by atoms with Crippen LogP contribution in [0.15, 0.2) is 64.3 Å². The van der Waals surface area contributed by atoms with Crippen LogP contribution in [0.25, 0.3) is 22.3 Å². The summed E-state index contributed by atoms with van der Waals surface area (Å²) in [4.78, 5) is 49.1. The Kier molecular flexibility index (Phi) is 9.42. The highest BCUT2D eigenvalue weighted by Crippen LogP contribution is 2.43. The Morgan fingerprint density at radius 3 is 2.33 bits per heavy atom. The number of halogens is 3. The monoisotopic (exact) mass is 653 g/mol. The summed E-state index contributed by atoms with van der Waals surface area (Å²) in [6.07, 6.45) is 2.41. The summed E-state index contributed by atoms with van der Waals surface area (Å²) in [6.45, 7) is 0.883. The number of nitrogens with one attached hydrogen (secondary N) is 3. The van der Waals surface area contributed by atoms with Crippen molar-refractivity contribution in [1.29, 1.82) is 0 Å². The molecule has 1 fully saturated rings. The lowest BCUT2D eigenvalue weighted by atomic mass is 9.96. The number of benzene rings is 3. The van der Waals surface area contributed by atoms with Gasteiger partial charge in [0.05, 0.1) is 22.8 Å². The Balaban J connectivity index is 1.43. The Labute approximate surface area is 267 Å². The van der Waals surface area contributed by atoms with E-state index in [-0.39, 0.29) is 44.6 Å². The van der Waals surface area contributed by atoms with Gasteiger partial charge in [0.1, 0.15) is 5.56 Å². The van der Waals surface area contributed by atoms with E-state index in [1.165, 1.54) is 21.2 Å². The van der Waals surface area contributed by atoms with Gasteiger partial charge in [-0.25, -0.2) is 9.18 Å². The van der Waals surface area contributed by atoms with E-state index in [2.05, 4.69) is 16.0 Å². The number of hydrogen-bond donors (Lipinski definition) is 3. The molecule has 2 amide bonds. The molecule has 234 valence electrons. The molecule has 0 spiro atoms. The standard InChI is InChI=1S/C32H30Cl2FN5O5/c1-39-16-23(31(43)40(2)32(39)44)30(42)38-24-9-5-8-20(27(24)34)19-6-4-7-21(26(19)33)22-12-10-17(29(45-3)28(22)35)14-36-15-18-11-13-25(41)37-18/h4-10,12,16,18,36H,11,13-15H2,1-3H3,(H,37,41)(H,38,42)/t18-/m0/s1. The molecule has 0 bridgehead atoms. The zero-order valence-electron chi connectivity index (χ0n) is 24.7. The second-order valence-corrected chi connectivity index (χ2v) is 11.4. The molecule has 0 unspecified atom stereocenters. The molecular weight excluding hydrogens is 624 g/mol. The van der Waals surface area contributed by atoms with Crippen LogP contribution in [0, 0.1) is 5.82 Å². The highest BCUT2D eigenvalue weighted by atomic mass is 35.5. The van der Waals surface area contributed by atoms with Crippen molar-refractivity contribution in [3.05, 3.63) is 103 Å². The van der Waals surface area contributed by atoms with Gasteiger partial charge >= 0.3 is 5.69 Å². The summed E-state index contributed by atoms with van der Waals surface area (Å²) in [7, 11) is 4.11. The Morgan fingerprint density at radius 1 is 1.00 bits per heavy atom. The van der Waals surface area contributed by atoms with Gasteiger partial charge in [-0.05, 0) is 12.5 Å². The van der Waals surface area contributed by atoms with Crippen LogP contribution in [0.1, 0.15) is 28.8 Å². The predicted molar refractivity (Wildman–Crippen MR) is 172 cm³/mol. The molecule has 1 aliphatic heterocycles. The molecule has 1 aliphatic rings. The Hall–Kier alpha value is -4.45. The largest absolute Gasteiger partial charge is 0.493 e. The van der Waals surface area contributed by atoms with Gasteiger partial charge in [-0.1, -0.05) is 65.7 Å². The number of anilines is 1.